The first-order chi connectivity index (χ1) is 13.5. The fraction of sp³-hybridized carbons (Fsp3) is 0.471. The summed E-state index contributed by atoms with van der Waals surface area (Å²) in [7, 11) is -3.24. The molecule has 0 unspecified atom stereocenters. The Morgan fingerprint density at radius 3 is 2.68 bits per heavy atom. The van der Waals surface area contributed by atoms with E-state index in [-0.39, 0.29) is 4.90 Å². The van der Waals surface area contributed by atoms with Gasteiger partial charge in [-0.2, -0.15) is 4.68 Å². The number of aromatic nitrogens is 7. The Bertz CT molecular complexity index is 1010. The summed E-state index contributed by atoms with van der Waals surface area (Å²) in [5.41, 5.74) is 0.734. The van der Waals surface area contributed by atoms with Crippen LogP contribution in [0.3, 0.4) is 0 Å². The van der Waals surface area contributed by atoms with Crippen LogP contribution >= 0.6 is 0 Å². The summed E-state index contributed by atoms with van der Waals surface area (Å²) < 4.78 is 26.8. The molecule has 0 amide bonds. The number of tetrazole rings is 1. The van der Waals surface area contributed by atoms with Crippen LogP contribution in [0.15, 0.2) is 41.6 Å². The van der Waals surface area contributed by atoms with Crippen molar-refractivity contribution in [3.05, 3.63) is 42.5 Å². The van der Waals surface area contributed by atoms with Gasteiger partial charge in [-0.15, -0.1) is 10.2 Å². The first-order valence-electron chi connectivity index (χ1n) is 9.16. The fourth-order valence-electron chi connectivity index (χ4n) is 3.54. The number of rotatable bonds is 6. The highest BCUT2D eigenvalue weighted by Crippen LogP contribution is 2.21. The fourth-order valence-corrected chi connectivity index (χ4v) is 4.17. The molecule has 28 heavy (non-hydrogen) atoms. The molecule has 1 fully saturated rings. The maximum absolute atomic E-state index is 11.7. The molecule has 1 aliphatic heterocycles. The Kier molecular flexibility index (Phi) is 5.18. The van der Waals surface area contributed by atoms with E-state index in [2.05, 4.69) is 30.7 Å². The Morgan fingerprint density at radius 1 is 1.14 bits per heavy atom. The highest BCUT2D eigenvalue weighted by atomic mass is 32.2. The molecule has 0 aliphatic carbocycles. The monoisotopic (exact) mass is 402 g/mol. The van der Waals surface area contributed by atoms with E-state index in [1.807, 2.05) is 10.9 Å². The Labute approximate surface area is 163 Å². The molecule has 11 heteroatoms. The molecular formula is C17H22N8O2S. The zero-order valence-electron chi connectivity index (χ0n) is 15.6. The first-order valence-corrected chi connectivity index (χ1v) is 11.1. The van der Waals surface area contributed by atoms with Gasteiger partial charge in [0.25, 0.3) is 0 Å². The van der Waals surface area contributed by atoms with Gasteiger partial charge in [-0.1, -0.05) is 11.6 Å². The van der Waals surface area contributed by atoms with Crippen molar-refractivity contribution in [3.8, 4) is 5.69 Å². The summed E-state index contributed by atoms with van der Waals surface area (Å²) in [6, 6.07) is 6.93. The molecule has 0 bridgehead atoms. The zero-order valence-corrected chi connectivity index (χ0v) is 16.4. The van der Waals surface area contributed by atoms with Gasteiger partial charge < -0.3 is 0 Å². The lowest BCUT2D eigenvalue weighted by Gasteiger charge is -2.35. The molecule has 148 valence electrons. The molecule has 3 heterocycles. The molecule has 0 saturated carbocycles. The summed E-state index contributed by atoms with van der Waals surface area (Å²) in [6.07, 6.45) is 8.17. The lowest BCUT2D eigenvalue weighted by Crippen LogP contribution is -2.42. The van der Waals surface area contributed by atoms with Crippen molar-refractivity contribution in [3.63, 3.8) is 0 Å². The number of nitrogens with zero attached hydrogens (tertiary/aromatic N) is 8. The quantitative estimate of drug-likeness (QED) is 0.593. The lowest BCUT2D eigenvalue weighted by atomic mass is 10.0. The third-order valence-corrected chi connectivity index (χ3v) is 6.14. The zero-order chi connectivity index (χ0) is 19.6. The number of benzene rings is 1. The Hall–Kier alpha value is -2.66. The molecule has 4 rings (SSSR count). The lowest BCUT2D eigenvalue weighted by molar-refractivity contribution is 0.117. The van der Waals surface area contributed by atoms with Crippen molar-refractivity contribution in [2.45, 2.75) is 43.3 Å². The largest absolute Gasteiger partial charge is 0.291 e. The SMILES string of the molecule is CS(=O)(=O)c1ccc(-n2nnnc2CN2CCCC[C@H]2Cn2ccnn2)cc1. The predicted octanol–water partition coefficient (Wildman–Crippen LogP) is 0.712. The molecule has 1 aliphatic rings. The van der Waals surface area contributed by atoms with Crippen LogP contribution in [-0.4, -0.2) is 67.4 Å². The minimum atomic E-state index is -3.24. The number of hydrogen-bond acceptors (Lipinski definition) is 8. The Balaban J connectivity index is 1.53. The third-order valence-electron chi connectivity index (χ3n) is 5.01. The number of sulfone groups is 1. The molecule has 0 radical (unpaired) electrons. The van der Waals surface area contributed by atoms with Crippen molar-refractivity contribution < 1.29 is 8.42 Å². The standard InChI is InChI=1S/C17H22N8O2S/c1-28(26,27)16-7-5-14(6-8-16)25-17(19-20-22-25)13-23-10-3-2-4-15(23)12-24-11-9-18-21-24/h5-9,11,15H,2-4,10,12-13H2,1H3/t15-/m0/s1. The van der Waals surface area contributed by atoms with Crippen LogP contribution in [-0.2, 0) is 22.9 Å². The van der Waals surface area contributed by atoms with Crippen molar-refractivity contribution in [1.82, 2.24) is 40.1 Å². The topological polar surface area (TPSA) is 112 Å². The van der Waals surface area contributed by atoms with E-state index in [0.717, 1.165) is 37.4 Å². The van der Waals surface area contributed by atoms with Gasteiger partial charge in [0.1, 0.15) is 0 Å². The summed E-state index contributed by atoms with van der Waals surface area (Å²) in [6.45, 7) is 2.37. The van der Waals surface area contributed by atoms with Crippen molar-refractivity contribution in [2.75, 3.05) is 12.8 Å². The molecule has 2 aromatic heterocycles. The van der Waals surface area contributed by atoms with Gasteiger partial charge in [0.15, 0.2) is 15.7 Å². The molecule has 1 saturated heterocycles. The van der Waals surface area contributed by atoms with Gasteiger partial charge in [-0.05, 0) is 54.1 Å². The first kappa shape index (κ1) is 18.7. The number of likely N-dealkylation sites (tertiary alicyclic amines) is 1. The van der Waals surface area contributed by atoms with Crippen LogP contribution in [0.25, 0.3) is 5.69 Å². The summed E-state index contributed by atoms with van der Waals surface area (Å²) in [5.74, 6) is 0.720. The van der Waals surface area contributed by atoms with Gasteiger partial charge >= 0.3 is 0 Å². The molecule has 1 aromatic carbocycles. The van der Waals surface area contributed by atoms with Gasteiger partial charge in [0.2, 0.25) is 0 Å². The van der Waals surface area contributed by atoms with E-state index in [9.17, 15) is 8.42 Å². The van der Waals surface area contributed by atoms with Crippen LogP contribution < -0.4 is 0 Å². The van der Waals surface area contributed by atoms with Crippen molar-refractivity contribution >= 4 is 9.84 Å². The summed E-state index contributed by atoms with van der Waals surface area (Å²) in [4.78, 5) is 2.65. The molecule has 1 atom stereocenters. The van der Waals surface area contributed by atoms with Gasteiger partial charge in [-0.3, -0.25) is 9.58 Å². The second-order valence-corrected chi connectivity index (χ2v) is 9.03. The second kappa shape index (κ2) is 7.76. The van der Waals surface area contributed by atoms with Crippen LogP contribution in [0, 0.1) is 0 Å². The summed E-state index contributed by atoms with van der Waals surface area (Å²) in [5, 5.41) is 20.1. The average Bonchev–Trinajstić information content (AvgIpc) is 3.35. The molecular weight excluding hydrogens is 380 g/mol. The van der Waals surface area contributed by atoms with Gasteiger partial charge in [0.05, 0.1) is 29.9 Å². The average molecular weight is 402 g/mol. The minimum absolute atomic E-state index is 0.273. The van der Waals surface area contributed by atoms with E-state index < -0.39 is 9.84 Å². The molecule has 3 aromatic rings. The van der Waals surface area contributed by atoms with E-state index in [1.165, 1.54) is 12.7 Å². The predicted molar refractivity (Wildman–Crippen MR) is 100 cm³/mol. The molecule has 0 spiro atoms. The van der Waals surface area contributed by atoms with E-state index in [1.54, 1.807) is 35.1 Å². The van der Waals surface area contributed by atoms with E-state index >= 15 is 0 Å². The van der Waals surface area contributed by atoms with Crippen molar-refractivity contribution in [2.24, 2.45) is 0 Å². The van der Waals surface area contributed by atoms with Gasteiger partial charge in [0, 0.05) is 18.5 Å². The maximum Gasteiger partial charge on any atom is 0.175 e. The Morgan fingerprint density at radius 2 is 1.96 bits per heavy atom. The third kappa shape index (κ3) is 4.09. The van der Waals surface area contributed by atoms with E-state index in [0.29, 0.717) is 12.6 Å². The smallest absolute Gasteiger partial charge is 0.175 e. The van der Waals surface area contributed by atoms with E-state index in [4.69, 9.17) is 0 Å². The number of hydrogen-bond donors (Lipinski definition) is 0. The van der Waals surface area contributed by atoms with Gasteiger partial charge in [-0.25, -0.2) is 8.42 Å². The van der Waals surface area contributed by atoms with Crippen LogP contribution in [0.1, 0.15) is 25.1 Å². The molecule has 10 nitrogen and oxygen atoms in total. The highest BCUT2D eigenvalue weighted by Gasteiger charge is 2.25. The minimum Gasteiger partial charge on any atom is -0.291 e. The number of piperidine rings is 1. The van der Waals surface area contributed by atoms with Crippen LogP contribution in [0.2, 0.25) is 0 Å². The maximum atomic E-state index is 11.7. The van der Waals surface area contributed by atoms with Crippen molar-refractivity contribution in [1.29, 1.82) is 0 Å². The summed E-state index contributed by atoms with van der Waals surface area (Å²) >= 11 is 0. The van der Waals surface area contributed by atoms with Crippen LogP contribution in [0.5, 0.6) is 0 Å². The highest BCUT2D eigenvalue weighted by molar-refractivity contribution is 7.90. The second-order valence-electron chi connectivity index (χ2n) is 7.02. The van der Waals surface area contributed by atoms with Crippen LogP contribution in [0.4, 0.5) is 0 Å². The normalized spacial score (nSPS) is 18.4. The molecule has 0 N–H and O–H groups in total.